The van der Waals surface area contributed by atoms with Gasteiger partial charge in [-0.05, 0) is 47.0 Å². The van der Waals surface area contributed by atoms with Crippen molar-refractivity contribution in [3.05, 3.63) is 164 Å². The number of nitrogens with zero attached hydrogens (tertiary/aromatic N) is 2. The summed E-state index contributed by atoms with van der Waals surface area (Å²) in [5.41, 5.74) is -0.993. The Kier molecular flexibility index (Phi) is 8.33. The molecule has 2 bridgehead atoms. The third-order valence-electron chi connectivity index (χ3n) is 9.22. The van der Waals surface area contributed by atoms with Crippen molar-refractivity contribution in [1.82, 2.24) is 9.13 Å². The third kappa shape index (κ3) is 5.28. The summed E-state index contributed by atoms with van der Waals surface area (Å²) in [6.07, 6.45) is -2.75. The normalized spacial score (nSPS) is 20.1. The molecule has 4 aromatic carbocycles. The molecule has 0 saturated carbocycles. The van der Waals surface area contributed by atoms with Crippen molar-refractivity contribution >= 4 is 11.7 Å². The Balaban J connectivity index is 1.34. The van der Waals surface area contributed by atoms with Gasteiger partial charge in [0.25, 0.3) is 11.5 Å². The number of rotatable bonds is 8. The lowest BCUT2D eigenvalue weighted by Crippen LogP contribution is -2.44. The van der Waals surface area contributed by atoms with Gasteiger partial charge in [-0.3, -0.25) is 19.0 Å². The van der Waals surface area contributed by atoms with Crippen molar-refractivity contribution in [3.8, 4) is 11.5 Å². The Bertz CT molecular complexity index is 2090. The van der Waals surface area contributed by atoms with Crippen molar-refractivity contribution < 1.29 is 33.6 Å². The molecule has 11 nitrogen and oxygen atoms in total. The van der Waals surface area contributed by atoms with Gasteiger partial charge in [0.1, 0.15) is 23.2 Å². The minimum atomic E-state index is -1.47. The van der Waals surface area contributed by atoms with Gasteiger partial charge in [0, 0.05) is 17.8 Å². The molecular formula is C38H32N2O9. The summed E-state index contributed by atoms with van der Waals surface area (Å²) < 4.78 is 25.6. The van der Waals surface area contributed by atoms with Gasteiger partial charge < -0.3 is 24.1 Å². The zero-order valence-corrected chi connectivity index (χ0v) is 26.6. The molecule has 0 aliphatic carbocycles. The Hall–Kier alpha value is -5.62. The molecule has 2 aliphatic rings. The fourth-order valence-corrected chi connectivity index (χ4v) is 6.74. The number of aromatic nitrogens is 2. The average molecular weight is 661 g/mol. The monoisotopic (exact) mass is 660 g/mol. The van der Waals surface area contributed by atoms with Gasteiger partial charge in [-0.1, -0.05) is 72.8 Å². The highest BCUT2D eigenvalue weighted by Crippen LogP contribution is 2.44. The number of aliphatic hydroxyl groups excluding tert-OH is 1. The minimum Gasteiger partial charge on any atom is -0.497 e. The molecule has 0 amide bonds. The van der Waals surface area contributed by atoms with Crippen molar-refractivity contribution in [2.24, 2.45) is 5.92 Å². The van der Waals surface area contributed by atoms with E-state index in [9.17, 15) is 24.3 Å². The molecule has 0 radical (unpaired) electrons. The number of ether oxygens (including phenoxy) is 4. The van der Waals surface area contributed by atoms with Gasteiger partial charge in [-0.25, -0.2) is 4.79 Å². The average Bonchev–Trinajstić information content (AvgIpc) is 3.47. The van der Waals surface area contributed by atoms with E-state index in [4.69, 9.17) is 18.9 Å². The lowest BCUT2D eigenvalue weighted by Gasteiger charge is -2.37. The zero-order chi connectivity index (χ0) is 34.3. The van der Waals surface area contributed by atoms with Crippen molar-refractivity contribution in [2.45, 2.75) is 24.0 Å². The summed E-state index contributed by atoms with van der Waals surface area (Å²) >= 11 is 0. The molecule has 3 heterocycles. The van der Waals surface area contributed by atoms with Crippen LogP contribution in [0.2, 0.25) is 0 Å². The van der Waals surface area contributed by atoms with Crippen molar-refractivity contribution in [2.75, 3.05) is 20.8 Å². The molecule has 11 heteroatoms. The number of hydrogen-bond acceptors (Lipinski definition) is 9. The number of methoxy groups -OCH3 is 2. The van der Waals surface area contributed by atoms with E-state index >= 15 is 0 Å². The van der Waals surface area contributed by atoms with Crippen LogP contribution in [0.1, 0.15) is 43.6 Å². The van der Waals surface area contributed by atoms with E-state index in [2.05, 4.69) is 0 Å². The van der Waals surface area contributed by atoms with Gasteiger partial charge in [-0.2, -0.15) is 4.57 Å². The molecule has 49 heavy (non-hydrogen) atoms. The summed E-state index contributed by atoms with van der Waals surface area (Å²) in [5.74, 6) is -1.56. The van der Waals surface area contributed by atoms with Gasteiger partial charge in [0.15, 0.2) is 12.0 Å². The van der Waals surface area contributed by atoms with Crippen LogP contribution in [0.25, 0.3) is 0 Å². The first kappa shape index (κ1) is 32.0. The highest BCUT2D eigenvalue weighted by molar-refractivity contribution is 6.10. The summed E-state index contributed by atoms with van der Waals surface area (Å²) in [6, 6.07) is 31.4. The second-order valence-corrected chi connectivity index (χ2v) is 11.8. The standard InChI is InChI=1S/C38H32N2O9/c1-46-26-16-12-24(13-17-26)38(23-8-4-3-5-9-23,25-14-18-27(47-2)19-15-25)48-22-30-34(43)32-33(42)28-10-6-7-11-29(28)35(44)40-31(41)20-21-39(37(40)45)36(32)49-30/h3-21,30,32,34,36,43H,22H2,1-2H3/t30-,32-,34-,36-/m1/s1. The quantitative estimate of drug-likeness (QED) is 0.247. The molecule has 1 aromatic heterocycles. The number of carbonyl (C=O) groups excluding carboxylic acids is 2. The topological polar surface area (TPSA) is 135 Å². The fourth-order valence-electron chi connectivity index (χ4n) is 6.74. The number of Topliss-reactive ketones (excluding diaryl/α,β-unsaturated/α-hetero) is 1. The summed E-state index contributed by atoms with van der Waals surface area (Å²) in [4.78, 5) is 54.0. The predicted octanol–water partition coefficient (Wildman–Crippen LogP) is 3.80. The predicted molar refractivity (Wildman–Crippen MR) is 177 cm³/mol. The van der Waals surface area contributed by atoms with Crippen molar-refractivity contribution in [1.29, 1.82) is 0 Å². The highest BCUT2D eigenvalue weighted by atomic mass is 16.6. The number of aliphatic hydroxyl groups is 1. The lowest BCUT2D eigenvalue weighted by atomic mass is 9.80. The number of carbonyl (C=O) groups is 2. The van der Waals surface area contributed by atoms with Crippen LogP contribution in [-0.2, 0) is 15.1 Å². The molecule has 7 rings (SSSR count). The largest absolute Gasteiger partial charge is 0.497 e. The van der Waals surface area contributed by atoms with E-state index in [-0.39, 0.29) is 17.7 Å². The maximum absolute atomic E-state index is 14.2. The van der Waals surface area contributed by atoms with Crippen LogP contribution in [-0.4, -0.2) is 59.0 Å². The van der Waals surface area contributed by atoms with Gasteiger partial charge in [0.2, 0.25) is 0 Å². The number of fused-ring (bicyclic) bond motifs is 5. The van der Waals surface area contributed by atoms with E-state index in [1.165, 1.54) is 24.4 Å². The molecular weight excluding hydrogens is 628 g/mol. The van der Waals surface area contributed by atoms with E-state index in [0.717, 1.165) is 27.3 Å². The molecule has 2 aliphatic heterocycles. The number of ketones is 1. The molecule has 1 N–H and O–H groups in total. The second-order valence-electron chi connectivity index (χ2n) is 11.8. The van der Waals surface area contributed by atoms with E-state index in [1.807, 2.05) is 78.9 Å². The maximum atomic E-state index is 14.2. The van der Waals surface area contributed by atoms with E-state index in [1.54, 1.807) is 20.3 Å². The van der Waals surface area contributed by atoms with Crippen LogP contribution in [0.15, 0.2) is 125 Å². The van der Waals surface area contributed by atoms with Crippen LogP contribution >= 0.6 is 0 Å². The van der Waals surface area contributed by atoms with Crippen LogP contribution in [0, 0.1) is 5.92 Å². The van der Waals surface area contributed by atoms with Crippen LogP contribution in [0.5, 0.6) is 11.5 Å². The SMILES string of the molecule is COc1ccc(C(OC[C@H]2O[C@@H]3[C@H](C(=O)c4ccccc4C(=O)n4c(=O)ccn3c4=O)[C@@H]2O)(c2ccccc2)c2ccc(OC)cc2)cc1. The molecule has 0 spiro atoms. The van der Waals surface area contributed by atoms with Crippen LogP contribution in [0.4, 0.5) is 0 Å². The first-order valence-electron chi connectivity index (χ1n) is 15.6. The first-order chi connectivity index (χ1) is 23.8. The number of hydrogen-bond donors (Lipinski definition) is 1. The van der Waals surface area contributed by atoms with E-state index < -0.39 is 52.9 Å². The summed E-state index contributed by atoms with van der Waals surface area (Å²) in [6.45, 7) is -0.233. The molecule has 4 atom stereocenters. The van der Waals surface area contributed by atoms with Crippen LogP contribution < -0.4 is 20.7 Å². The molecule has 248 valence electrons. The third-order valence-corrected chi connectivity index (χ3v) is 9.22. The Labute approximate surface area is 280 Å². The second kappa shape index (κ2) is 12.8. The Morgan fingerprint density at radius 1 is 0.714 bits per heavy atom. The highest BCUT2D eigenvalue weighted by Gasteiger charge is 2.51. The summed E-state index contributed by atoms with van der Waals surface area (Å²) in [5, 5.41) is 11.8. The van der Waals surface area contributed by atoms with E-state index in [0.29, 0.717) is 16.1 Å². The Morgan fingerprint density at radius 2 is 1.27 bits per heavy atom. The Morgan fingerprint density at radius 3 is 1.86 bits per heavy atom. The molecule has 1 fully saturated rings. The van der Waals surface area contributed by atoms with Gasteiger partial charge in [-0.15, -0.1) is 0 Å². The van der Waals surface area contributed by atoms with Gasteiger partial charge >= 0.3 is 5.69 Å². The molecule has 0 unspecified atom stereocenters. The minimum absolute atomic E-state index is 0.0313. The molecule has 1 saturated heterocycles. The summed E-state index contributed by atoms with van der Waals surface area (Å²) in [7, 11) is 3.16. The van der Waals surface area contributed by atoms with Crippen LogP contribution in [0.3, 0.4) is 0 Å². The van der Waals surface area contributed by atoms with Crippen molar-refractivity contribution in [3.63, 3.8) is 0 Å². The molecule has 5 aromatic rings. The zero-order valence-electron chi connectivity index (χ0n) is 26.6. The first-order valence-corrected chi connectivity index (χ1v) is 15.6. The number of benzene rings is 4. The fraction of sp³-hybridized carbons (Fsp3) is 0.211. The smallest absolute Gasteiger partial charge is 0.340 e. The lowest BCUT2D eigenvalue weighted by molar-refractivity contribution is -0.0948. The maximum Gasteiger partial charge on any atom is 0.340 e. The van der Waals surface area contributed by atoms with Gasteiger partial charge in [0.05, 0.1) is 38.4 Å².